The third-order valence-corrected chi connectivity index (χ3v) is 3.20. The van der Waals surface area contributed by atoms with Crippen LogP contribution >= 0.6 is 0 Å². The number of nitrogens with one attached hydrogen (secondary N) is 1. The first kappa shape index (κ1) is 14.4. The Kier molecular flexibility index (Phi) is 4.29. The zero-order valence-electron chi connectivity index (χ0n) is 12.5. The molecule has 0 aliphatic carbocycles. The smallest absolute Gasteiger partial charge is 0.152 e. The Balaban J connectivity index is 2.13. The molecule has 0 amide bonds. The van der Waals surface area contributed by atoms with Gasteiger partial charge in [0.2, 0.25) is 0 Å². The van der Waals surface area contributed by atoms with E-state index in [4.69, 9.17) is 6.42 Å². The van der Waals surface area contributed by atoms with Gasteiger partial charge in [-0.15, -0.1) is 12.3 Å². The highest BCUT2D eigenvalue weighted by molar-refractivity contribution is 5.68. The van der Waals surface area contributed by atoms with Crippen molar-refractivity contribution < 1.29 is 0 Å². The molecule has 20 heavy (non-hydrogen) atoms. The topological polar surface area (TPSA) is 42.2 Å². The zero-order valence-corrected chi connectivity index (χ0v) is 12.5. The van der Waals surface area contributed by atoms with Gasteiger partial charge in [0.25, 0.3) is 0 Å². The van der Waals surface area contributed by atoms with Crippen LogP contribution in [-0.4, -0.2) is 21.1 Å². The maximum atomic E-state index is 5.25. The van der Waals surface area contributed by atoms with Gasteiger partial charge in [-0.3, -0.25) is 0 Å². The molecule has 0 radical (unpaired) electrons. The lowest BCUT2D eigenvalue weighted by Gasteiger charge is -2.13. The van der Waals surface area contributed by atoms with Gasteiger partial charge in [-0.1, -0.05) is 20.8 Å². The number of unbranched alkanes of at least 4 members (excludes halogenated alkanes) is 2. The van der Waals surface area contributed by atoms with Crippen molar-refractivity contribution in [3.63, 3.8) is 0 Å². The lowest BCUT2D eigenvalue weighted by molar-refractivity contribution is 0.562. The molecular formula is C16H22N4. The first-order valence-corrected chi connectivity index (χ1v) is 7.04. The third-order valence-electron chi connectivity index (χ3n) is 3.20. The molecule has 0 aromatic carbocycles. The average Bonchev–Trinajstić information content (AvgIpc) is 2.83. The molecule has 1 N–H and O–H groups in total. The van der Waals surface area contributed by atoms with Crippen LogP contribution in [0.2, 0.25) is 0 Å². The summed E-state index contributed by atoms with van der Waals surface area (Å²) in [6, 6.07) is 2.11. The first-order chi connectivity index (χ1) is 9.52. The van der Waals surface area contributed by atoms with Crippen LogP contribution in [0.4, 0.5) is 5.82 Å². The van der Waals surface area contributed by atoms with Gasteiger partial charge in [0, 0.05) is 30.8 Å². The van der Waals surface area contributed by atoms with Crippen molar-refractivity contribution in [2.75, 3.05) is 11.9 Å². The Morgan fingerprint density at radius 1 is 1.35 bits per heavy atom. The van der Waals surface area contributed by atoms with E-state index >= 15 is 0 Å². The summed E-state index contributed by atoms with van der Waals surface area (Å²) in [7, 11) is 0. The summed E-state index contributed by atoms with van der Waals surface area (Å²) < 4.78 is 1.89. The lowest BCUT2D eigenvalue weighted by atomic mass is 9.92. The number of hydrogen-bond acceptors (Lipinski definition) is 3. The summed E-state index contributed by atoms with van der Waals surface area (Å²) in [5.74, 6) is 3.54. The molecule has 106 valence electrons. The van der Waals surface area contributed by atoms with Gasteiger partial charge in [0.05, 0.1) is 5.69 Å². The number of rotatable bonds is 5. The average molecular weight is 270 g/mol. The fourth-order valence-electron chi connectivity index (χ4n) is 1.98. The minimum absolute atomic E-state index is 0.0378. The second kappa shape index (κ2) is 5.96. The van der Waals surface area contributed by atoms with Crippen molar-refractivity contribution in [2.24, 2.45) is 0 Å². The fraction of sp³-hybridized carbons (Fsp3) is 0.500. The number of aromatic nitrogens is 3. The highest BCUT2D eigenvalue weighted by Gasteiger charge is 2.18. The molecule has 0 aliphatic heterocycles. The second-order valence-electron chi connectivity index (χ2n) is 5.97. The van der Waals surface area contributed by atoms with E-state index in [1.807, 2.05) is 10.7 Å². The molecule has 4 nitrogen and oxygen atoms in total. The van der Waals surface area contributed by atoms with Crippen LogP contribution in [0.25, 0.3) is 5.52 Å². The van der Waals surface area contributed by atoms with E-state index in [1.165, 1.54) is 0 Å². The van der Waals surface area contributed by atoms with Gasteiger partial charge in [-0.05, 0) is 18.9 Å². The highest BCUT2D eigenvalue weighted by Crippen LogP contribution is 2.24. The van der Waals surface area contributed by atoms with E-state index in [1.54, 1.807) is 6.20 Å². The summed E-state index contributed by atoms with van der Waals surface area (Å²) in [4.78, 5) is 4.41. The van der Waals surface area contributed by atoms with Crippen LogP contribution in [-0.2, 0) is 5.41 Å². The van der Waals surface area contributed by atoms with Gasteiger partial charge < -0.3 is 5.32 Å². The predicted octanol–water partition coefficient (Wildman–Crippen LogP) is 3.24. The van der Waals surface area contributed by atoms with Crippen molar-refractivity contribution in [2.45, 2.75) is 45.4 Å². The van der Waals surface area contributed by atoms with E-state index in [9.17, 15) is 0 Å². The van der Waals surface area contributed by atoms with Crippen LogP contribution in [0.15, 0.2) is 18.5 Å². The molecular weight excluding hydrogens is 248 g/mol. The van der Waals surface area contributed by atoms with Gasteiger partial charge in [0.1, 0.15) is 5.52 Å². The molecule has 2 rings (SSSR count). The number of terminal acetylenes is 1. The van der Waals surface area contributed by atoms with E-state index in [0.717, 1.165) is 42.8 Å². The highest BCUT2D eigenvalue weighted by atomic mass is 15.2. The van der Waals surface area contributed by atoms with E-state index in [0.29, 0.717) is 0 Å². The molecule has 0 atom stereocenters. The number of anilines is 1. The Hall–Kier alpha value is -2.02. The molecule has 0 unspecified atom stereocenters. The van der Waals surface area contributed by atoms with Crippen LogP contribution in [0, 0.1) is 12.3 Å². The van der Waals surface area contributed by atoms with Gasteiger partial charge in [-0.25, -0.2) is 9.50 Å². The molecule has 2 heterocycles. The molecule has 0 aliphatic rings. The SMILES string of the molecule is C#CCCCCNc1nccn2nc(C(C)(C)C)cc12. The van der Waals surface area contributed by atoms with E-state index < -0.39 is 0 Å². The number of fused-ring (bicyclic) bond motifs is 1. The monoisotopic (exact) mass is 270 g/mol. The Labute approximate surface area is 120 Å². The molecule has 0 saturated carbocycles. The molecule has 0 spiro atoms. The molecule has 0 saturated heterocycles. The summed E-state index contributed by atoms with van der Waals surface area (Å²) in [6.07, 6.45) is 11.8. The van der Waals surface area contributed by atoms with Crippen molar-refractivity contribution in [3.8, 4) is 12.3 Å². The largest absolute Gasteiger partial charge is 0.368 e. The third kappa shape index (κ3) is 3.30. The molecule has 0 fully saturated rings. The van der Waals surface area contributed by atoms with Crippen molar-refractivity contribution in [3.05, 3.63) is 24.2 Å². The number of nitrogens with zero attached hydrogens (tertiary/aromatic N) is 3. The summed E-state index contributed by atoms with van der Waals surface area (Å²) in [5, 5.41) is 7.98. The van der Waals surface area contributed by atoms with Crippen LogP contribution in [0.1, 0.15) is 45.7 Å². The van der Waals surface area contributed by atoms with Gasteiger partial charge >= 0.3 is 0 Å². The summed E-state index contributed by atoms with van der Waals surface area (Å²) in [5.41, 5.74) is 2.13. The predicted molar refractivity (Wildman–Crippen MR) is 82.9 cm³/mol. The summed E-state index contributed by atoms with van der Waals surface area (Å²) >= 11 is 0. The van der Waals surface area contributed by atoms with Crippen molar-refractivity contribution in [1.29, 1.82) is 0 Å². The summed E-state index contributed by atoms with van der Waals surface area (Å²) in [6.45, 7) is 7.36. The Morgan fingerprint density at radius 3 is 2.85 bits per heavy atom. The molecule has 4 heteroatoms. The zero-order chi connectivity index (χ0) is 14.6. The minimum Gasteiger partial charge on any atom is -0.368 e. The maximum absolute atomic E-state index is 5.25. The van der Waals surface area contributed by atoms with Crippen LogP contribution in [0.3, 0.4) is 0 Å². The van der Waals surface area contributed by atoms with Gasteiger partial charge in [0.15, 0.2) is 5.82 Å². The van der Waals surface area contributed by atoms with Gasteiger partial charge in [-0.2, -0.15) is 5.10 Å². The minimum atomic E-state index is 0.0378. The van der Waals surface area contributed by atoms with E-state index in [2.05, 4.69) is 48.2 Å². The van der Waals surface area contributed by atoms with Crippen LogP contribution < -0.4 is 5.32 Å². The molecule has 0 bridgehead atoms. The normalized spacial score (nSPS) is 11.5. The van der Waals surface area contributed by atoms with E-state index in [-0.39, 0.29) is 5.41 Å². The van der Waals surface area contributed by atoms with Crippen LogP contribution in [0.5, 0.6) is 0 Å². The lowest BCUT2D eigenvalue weighted by Crippen LogP contribution is -2.11. The quantitative estimate of drug-likeness (QED) is 0.670. The Morgan fingerprint density at radius 2 is 2.15 bits per heavy atom. The second-order valence-corrected chi connectivity index (χ2v) is 5.97. The first-order valence-electron chi connectivity index (χ1n) is 7.04. The number of hydrogen-bond donors (Lipinski definition) is 1. The van der Waals surface area contributed by atoms with Crippen molar-refractivity contribution in [1.82, 2.24) is 14.6 Å². The maximum Gasteiger partial charge on any atom is 0.152 e. The standard InChI is InChI=1S/C16H22N4/c1-5-6-7-8-9-17-15-13-12-14(16(2,3)4)19-20(13)11-10-18-15/h1,10-12H,6-9H2,2-4H3,(H,17,18). The molecule has 2 aromatic heterocycles. The van der Waals surface area contributed by atoms with Crippen molar-refractivity contribution >= 4 is 11.3 Å². The Bertz CT molecular complexity index is 613. The fourth-order valence-corrected chi connectivity index (χ4v) is 1.98. The molecule has 2 aromatic rings.